The van der Waals surface area contributed by atoms with Crippen molar-refractivity contribution in [1.82, 2.24) is 0 Å². The van der Waals surface area contributed by atoms with Crippen molar-refractivity contribution in [3.05, 3.63) is 21.9 Å². The molecule has 1 atom stereocenters. The summed E-state index contributed by atoms with van der Waals surface area (Å²) in [6.45, 7) is 6.63. The predicted octanol–water partition coefficient (Wildman–Crippen LogP) is 5.03. The van der Waals surface area contributed by atoms with Crippen molar-refractivity contribution < 1.29 is 0 Å². The minimum Gasteiger partial charge on any atom is -0.144 e. The Balaban J connectivity index is 2.72. The van der Waals surface area contributed by atoms with Crippen LogP contribution in [-0.4, -0.2) is 0 Å². The molecule has 0 fully saturated rings. The summed E-state index contributed by atoms with van der Waals surface area (Å²) in [6, 6.07) is 4.40. The van der Waals surface area contributed by atoms with Crippen molar-refractivity contribution in [2.75, 3.05) is 0 Å². The molecule has 0 amide bonds. The van der Waals surface area contributed by atoms with Crippen LogP contribution in [0, 0.1) is 5.92 Å². The molecule has 0 N–H and O–H groups in total. The molecule has 80 valence electrons. The molecule has 1 unspecified atom stereocenters. The van der Waals surface area contributed by atoms with Gasteiger partial charge in [0.1, 0.15) is 0 Å². The zero-order valence-electron chi connectivity index (χ0n) is 9.22. The third-order valence-corrected chi connectivity index (χ3v) is 4.80. The SMILES string of the molecule is CCc1ccc(C(Cl)C(CC)CC)s1. The van der Waals surface area contributed by atoms with Gasteiger partial charge in [0.15, 0.2) is 0 Å². The third kappa shape index (κ3) is 2.74. The summed E-state index contributed by atoms with van der Waals surface area (Å²) in [5.74, 6) is 0.625. The highest BCUT2D eigenvalue weighted by Crippen LogP contribution is 2.37. The Morgan fingerprint density at radius 2 is 1.86 bits per heavy atom. The van der Waals surface area contributed by atoms with Crippen molar-refractivity contribution in [3.63, 3.8) is 0 Å². The van der Waals surface area contributed by atoms with E-state index in [9.17, 15) is 0 Å². The molecule has 1 heterocycles. The summed E-state index contributed by atoms with van der Waals surface area (Å²) in [7, 11) is 0. The second-order valence-corrected chi connectivity index (χ2v) is 5.31. The van der Waals surface area contributed by atoms with Crippen molar-refractivity contribution in [3.8, 4) is 0 Å². The van der Waals surface area contributed by atoms with E-state index >= 15 is 0 Å². The lowest BCUT2D eigenvalue weighted by molar-refractivity contribution is 0.479. The summed E-state index contributed by atoms with van der Waals surface area (Å²) >= 11 is 8.32. The van der Waals surface area contributed by atoms with Crippen LogP contribution >= 0.6 is 22.9 Å². The molecule has 0 saturated carbocycles. The Morgan fingerprint density at radius 1 is 1.21 bits per heavy atom. The lowest BCUT2D eigenvalue weighted by Crippen LogP contribution is -2.03. The summed E-state index contributed by atoms with van der Waals surface area (Å²) in [5.41, 5.74) is 0. The van der Waals surface area contributed by atoms with Crippen LogP contribution in [0.1, 0.15) is 48.7 Å². The lowest BCUT2D eigenvalue weighted by Gasteiger charge is -2.17. The van der Waals surface area contributed by atoms with Crippen LogP contribution in [0.2, 0.25) is 0 Å². The van der Waals surface area contributed by atoms with Crippen LogP contribution < -0.4 is 0 Å². The maximum atomic E-state index is 6.45. The second kappa shape index (κ2) is 5.77. The molecule has 0 aliphatic heterocycles. The minimum absolute atomic E-state index is 0.218. The van der Waals surface area contributed by atoms with E-state index in [1.165, 1.54) is 22.6 Å². The highest BCUT2D eigenvalue weighted by atomic mass is 35.5. The van der Waals surface area contributed by atoms with Gasteiger partial charge in [-0.15, -0.1) is 22.9 Å². The zero-order valence-corrected chi connectivity index (χ0v) is 10.8. The van der Waals surface area contributed by atoms with Gasteiger partial charge in [-0.3, -0.25) is 0 Å². The number of hydrogen-bond acceptors (Lipinski definition) is 1. The van der Waals surface area contributed by atoms with Crippen LogP contribution in [0.15, 0.2) is 12.1 Å². The van der Waals surface area contributed by atoms with Crippen molar-refractivity contribution in [1.29, 1.82) is 0 Å². The van der Waals surface area contributed by atoms with Gasteiger partial charge in [-0.1, -0.05) is 33.6 Å². The average molecular weight is 231 g/mol. The number of thiophene rings is 1. The molecule has 0 aliphatic carbocycles. The normalized spacial score (nSPS) is 13.5. The first-order chi connectivity index (χ1) is 6.72. The Labute approximate surface area is 96.3 Å². The molecule has 0 saturated heterocycles. The standard InChI is InChI=1S/C12H19ClS/c1-4-9(5-2)12(13)11-8-7-10(6-3)14-11/h7-9,12H,4-6H2,1-3H3. The Kier molecular flexibility index (Phi) is 4.97. The maximum Gasteiger partial charge on any atom is 0.0706 e. The van der Waals surface area contributed by atoms with Gasteiger partial charge in [0.05, 0.1) is 5.38 Å². The molecule has 1 aromatic heterocycles. The van der Waals surface area contributed by atoms with Crippen molar-refractivity contribution in [2.24, 2.45) is 5.92 Å². The minimum atomic E-state index is 0.218. The van der Waals surface area contributed by atoms with Crippen LogP contribution in [0.5, 0.6) is 0 Å². The van der Waals surface area contributed by atoms with Gasteiger partial charge in [-0.05, 0) is 24.5 Å². The lowest BCUT2D eigenvalue weighted by atomic mass is 9.98. The molecule has 1 rings (SSSR count). The van der Waals surface area contributed by atoms with E-state index in [1.807, 2.05) is 11.3 Å². The van der Waals surface area contributed by atoms with Crippen LogP contribution in [0.4, 0.5) is 0 Å². The summed E-state index contributed by atoms with van der Waals surface area (Å²) in [6.07, 6.45) is 3.46. The summed E-state index contributed by atoms with van der Waals surface area (Å²) in [4.78, 5) is 2.79. The topological polar surface area (TPSA) is 0 Å². The maximum absolute atomic E-state index is 6.45. The molecule has 0 aromatic carbocycles. The van der Waals surface area contributed by atoms with E-state index in [2.05, 4.69) is 32.9 Å². The molecular formula is C12H19ClS. The fourth-order valence-electron chi connectivity index (χ4n) is 1.67. The van der Waals surface area contributed by atoms with Gasteiger partial charge < -0.3 is 0 Å². The molecule has 0 aliphatic rings. The third-order valence-electron chi connectivity index (χ3n) is 2.77. The fraction of sp³-hybridized carbons (Fsp3) is 0.667. The molecular weight excluding hydrogens is 212 g/mol. The van der Waals surface area contributed by atoms with Gasteiger partial charge in [0.2, 0.25) is 0 Å². The predicted molar refractivity (Wildman–Crippen MR) is 66.4 cm³/mol. The van der Waals surface area contributed by atoms with Crippen LogP contribution in [-0.2, 0) is 6.42 Å². The van der Waals surface area contributed by atoms with E-state index in [-0.39, 0.29) is 5.38 Å². The number of halogens is 1. The first kappa shape index (κ1) is 12.1. The van der Waals surface area contributed by atoms with Crippen LogP contribution in [0.3, 0.4) is 0 Å². The summed E-state index contributed by atoms with van der Waals surface area (Å²) < 4.78 is 0. The van der Waals surface area contributed by atoms with E-state index < -0.39 is 0 Å². The van der Waals surface area contributed by atoms with Gasteiger partial charge in [0, 0.05) is 9.75 Å². The smallest absolute Gasteiger partial charge is 0.0706 e. The highest BCUT2D eigenvalue weighted by molar-refractivity contribution is 7.12. The molecule has 0 spiro atoms. The Bertz CT molecular complexity index is 263. The second-order valence-electron chi connectivity index (χ2n) is 3.64. The number of alkyl halides is 1. The molecule has 2 heteroatoms. The zero-order chi connectivity index (χ0) is 10.6. The molecule has 1 aromatic rings. The number of aryl methyl sites for hydroxylation is 1. The van der Waals surface area contributed by atoms with Crippen LogP contribution in [0.25, 0.3) is 0 Å². The number of rotatable bonds is 5. The number of hydrogen-bond donors (Lipinski definition) is 0. The molecule has 0 radical (unpaired) electrons. The van der Waals surface area contributed by atoms with Gasteiger partial charge in [0.25, 0.3) is 0 Å². The molecule has 0 nitrogen and oxygen atoms in total. The van der Waals surface area contributed by atoms with Gasteiger partial charge in [-0.25, -0.2) is 0 Å². The van der Waals surface area contributed by atoms with Crippen molar-refractivity contribution in [2.45, 2.75) is 45.4 Å². The molecule has 14 heavy (non-hydrogen) atoms. The Morgan fingerprint density at radius 3 is 2.29 bits per heavy atom. The van der Waals surface area contributed by atoms with Gasteiger partial charge >= 0.3 is 0 Å². The highest BCUT2D eigenvalue weighted by Gasteiger charge is 2.19. The average Bonchev–Trinajstić information content (AvgIpc) is 2.67. The first-order valence-corrected chi connectivity index (χ1v) is 6.70. The quantitative estimate of drug-likeness (QED) is 0.623. The Hall–Kier alpha value is -0.0100. The van der Waals surface area contributed by atoms with Gasteiger partial charge in [-0.2, -0.15) is 0 Å². The first-order valence-electron chi connectivity index (χ1n) is 5.45. The van der Waals surface area contributed by atoms with E-state index in [0.29, 0.717) is 5.92 Å². The van der Waals surface area contributed by atoms with Crippen molar-refractivity contribution >= 4 is 22.9 Å². The monoisotopic (exact) mass is 230 g/mol. The van der Waals surface area contributed by atoms with E-state index in [0.717, 1.165) is 6.42 Å². The van der Waals surface area contributed by atoms with E-state index in [4.69, 9.17) is 11.6 Å². The fourth-order valence-corrected chi connectivity index (χ4v) is 3.25. The summed E-state index contributed by atoms with van der Waals surface area (Å²) in [5, 5.41) is 0.218. The van der Waals surface area contributed by atoms with E-state index in [1.54, 1.807) is 0 Å². The largest absolute Gasteiger partial charge is 0.144 e. The molecule has 0 bridgehead atoms.